The largest absolute Gasteiger partial charge is 0.494 e. The van der Waals surface area contributed by atoms with Crippen LogP contribution < -0.4 is 9.47 Å². The second-order valence-corrected chi connectivity index (χ2v) is 11.9. The van der Waals surface area contributed by atoms with Crippen LogP contribution in [0, 0.1) is 5.92 Å². The number of aliphatic hydroxyl groups excluding tert-OH is 3. The molecule has 2 aliphatic heterocycles. The number of carbonyl (C=O) groups excluding carboxylic acids is 1. The highest BCUT2D eigenvalue weighted by Crippen LogP contribution is 2.40. The van der Waals surface area contributed by atoms with Crippen LogP contribution in [0.15, 0.2) is 36.4 Å². The number of likely N-dealkylation sites (tertiary alicyclic amines) is 1. The summed E-state index contributed by atoms with van der Waals surface area (Å²) in [6.45, 7) is 13.0. The van der Waals surface area contributed by atoms with Gasteiger partial charge in [-0.25, -0.2) is 4.79 Å². The molecule has 4 rings (SSSR count). The molecule has 2 aliphatic rings. The smallest absolute Gasteiger partial charge is 0.410 e. The fraction of sp³-hybridized carbons (Fsp3) is 0.594. The summed E-state index contributed by atoms with van der Waals surface area (Å²) in [5, 5.41) is 31.6. The van der Waals surface area contributed by atoms with Crippen LogP contribution in [0.2, 0.25) is 5.02 Å². The van der Waals surface area contributed by atoms with E-state index in [0.717, 1.165) is 16.9 Å². The van der Waals surface area contributed by atoms with E-state index in [4.69, 9.17) is 30.5 Å². The monoisotopic (exact) mass is 641 g/mol. The van der Waals surface area contributed by atoms with Gasteiger partial charge in [-0.15, -0.1) is 0 Å². The highest BCUT2D eigenvalue weighted by molar-refractivity contribution is 7.59. The second kappa shape index (κ2) is 16.7. The van der Waals surface area contributed by atoms with Crippen LogP contribution in [0.5, 0.6) is 11.5 Å². The highest BCUT2D eigenvalue weighted by Gasteiger charge is 2.40. The Balaban J connectivity index is 0.00000211. The van der Waals surface area contributed by atoms with Crippen molar-refractivity contribution in [2.24, 2.45) is 5.92 Å². The maximum Gasteiger partial charge on any atom is 0.410 e. The number of halogens is 1. The molecule has 2 heterocycles. The van der Waals surface area contributed by atoms with Gasteiger partial charge in [0.05, 0.1) is 32.0 Å². The molecule has 0 aliphatic carbocycles. The number of hydrogen-bond donors (Lipinski definition) is 3. The molecular formula is C32H48ClNO8S. The van der Waals surface area contributed by atoms with E-state index >= 15 is 0 Å². The van der Waals surface area contributed by atoms with E-state index < -0.39 is 30.0 Å². The fourth-order valence-electron chi connectivity index (χ4n) is 4.88. The number of amides is 1. The van der Waals surface area contributed by atoms with E-state index in [1.165, 1.54) is 0 Å². The van der Waals surface area contributed by atoms with Crippen LogP contribution in [0.25, 0.3) is 0 Å². The Kier molecular flexibility index (Phi) is 14.4. The van der Waals surface area contributed by atoms with Crippen molar-refractivity contribution in [1.82, 2.24) is 4.90 Å². The van der Waals surface area contributed by atoms with Crippen molar-refractivity contribution in [1.29, 1.82) is 0 Å². The summed E-state index contributed by atoms with van der Waals surface area (Å²) in [6.07, 6.45) is -3.55. The van der Waals surface area contributed by atoms with E-state index in [-0.39, 0.29) is 38.5 Å². The molecule has 9 nitrogen and oxygen atoms in total. The van der Waals surface area contributed by atoms with Gasteiger partial charge in [-0.2, -0.15) is 13.5 Å². The molecule has 0 saturated carbocycles. The molecular weight excluding hydrogens is 594 g/mol. The molecule has 2 aromatic rings. The number of benzene rings is 2. The first kappa shape index (κ1) is 37.0. The Hall–Kier alpha value is -2.21. The Morgan fingerprint density at radius 1 is 1.09 bits per heavy atom. The minimum Gasteiger partial charge on any atom is -0.494 e. The zero-order valence-electron chi connectivity index (χ0n) is 26.0. The van der Waals surface area contributed by atoms with Gasteiger partial charge in [0.1, 0.15) is 29.3 Å². The molecule has 0 bridgehead atoms. The van der Waals surface area contributed by atoms with Crippen molar-refractivity contribution in [3.63, 3.8) is 0 Å². The SMILES string of the molecule is CC.CCOc1ccc(Cc2cc(C3OC(CO)CC(O)[C@H]3O)c(OCC3CN(C(=O)OC(C)(C)C)C3)cc2Cl)cc1.S. The quantitative estimate of drug-likeness (QED) is 0.340. The van der Waals surface area contributed by atoms with Crippen LogP contribution in [0.4, 0.5) is 4.79 Å². The van der Waals surface area contributed by atoms with Crippen LogP contribution >= 0.6 is 25.1 Å². The van der Waals surface area contributed by atoms with Crippen molar-refractivity contribution in [3.05, 3.63) is 58.1 Å². The van der Waals surface area contributed by atoms with Gasteiger partial charge in [-0.3, -0.25) is 0 Å². The number of rotatable bonds is 9. The molecule has 3 N–H and O–H groups in total. The minimum atomic E-state index is -1.21. The van der Waals surface area contributed by atoms with Gasteiger partial charge < -0.3 is 39.2 Å². The lowest BCUT2D eigenvalue weighted by Crippen LogP contribution is -2.53. The molecule has 0 aromatic heterocycles. The van der Waals surface area contributed by atoms with Crippen molar-refractivity contribution >= 4 is 31.2 Å². The van der Waals surface area contributed by atoms with Crippen LogP contribution in [0.3, 0.4) is 0 Å². The summed E-state index contributed by atoms with van der Waals surface area (Å²) in [4.78, 5) is 13.9. The van der Waals surface area contributed by atoms with Crippen LogP contribution in [-0.4, -0.2) is 83.1 Å². The third-order valence-electron chi connectivity index (χ3n) is 6.95. The summed E-state index contributed by atoms with van der Waals surface area (Å²) in [5.74, 6) is 1.30. The van der Waals surface area contributed by atoms with E-state index in [1.807, 2.05) is 71.9 Å². The van der Waals surface area contributed by atoms with Crippen molar-refractivity contribution < 1.29 is 39.1 Å². The Labute approximate surface area is 267 Å². The van der Waals surface area contributed by atoms with Gasteiger partial charge in [0.2, 0.25) is 0 Å². The maximum atomic E-state index is 12.3. The summed E-state index contributed by atoms with van der Waals surface area (Å²) < 4.78 is 23.2. The summed E-state index contributed by atoms with van der Waals surface area (Å²) in [7, 11) is 0. The predicted molar refractivity (Wildman–Crippen MR) is 172 cm³/mol. The van der Waals surface area contributed by atoms with Gasteiger partial charge >= 0.3 is 6.09 Å². The maximum absolute atomic E-state index is 12.3. The summed E-state index contributed by atoms with van der Waals surface area (Å²) in [6, 6.07) is 11.3. The zero-order chi connectivity index (χ0) is 31.0. The fourth-order valence-corrected chi connectivity index (χ4v) is 5.10. The third kappa shape index (κ3) is 10.2. The van der Waals surface area contributed by atoms with Gasteiger partial charge in [0.15, 0.2) is 0 Å². The number of carbonyl (C=O) groups is 1. The van der Waals surface area contributed by atoms with Crippen molar-refractivity contribution in [2.45, 2.75) is 84.4 Å². The van der Waals surface area contributed by atoms with Gasteiger partial charge in [-0.1, -0.05) is 37.6 Å². The molecule has 11 heteroatoms. The van der Waals surface area contributed by atoms with Gasteiger partial charge in [0, 0.05) is 36.0 Å². The topological polar surface area (TPSA) is 118 Å². The molecule has 4 atom stereocenters. The lowest BCUT2D eigenvalue weighted by atomic mass is 9.91. The Morgan fingerprint density at radius 3 is 2.33 bits per heavy atom. The average molecular weight is 642 g/mol. The molecule has 0 radical (unpaired) electrons. The molecule has 242 valence electrons. The van der Waals surface area contributed by atoms with Gasteiger partial charge in [0.25, 0.3) is 0 Å². The first-order valence-electron chi connectivity index (χ1n) is 14.7. The van der Waals surface area contributed by atoms with Gasteiger partial charge in [-0.05, 0) is 69.5 Å². The minimum absolute atomic E-state index is 0. The van der Waals surface area contributed by atoms with E-state index in [2.05, 4.69) is 0 Å². The summed E-state index contributed by atoms with van der Waals surface area (Å²) >= 11 is 6.71. The second-order valence-electron chi connectivity index (χ2n) is 11.5. The normalized spacial score (nSPS) is 22.0. The van der Waals surface area contributed by atoms with Crippen molar-refractivity contribution in [2.75, 3.05) is 32.9 Å². The first-order chi connectivity index (χ1) is 20.0. The van der Waals surface area contributed by atoms with E-state index in [1.54, 1.807) is 11.0 Å². The van der Waals surface area contributed by atoms with Crippen LogP contribution in [0.1, 0.15) is 70.8 Å². The van der Waals surface area contributed by atoms with E-state index in [0.29, 0.717) is 49.1 Å². The summed E-state index contributed by atoms with van der Waals surface area (Å²) in [5.41, 5.74) is 1.79. The Bertz CT molecular complexity index is 1150. The van der Waals surface area contributed by atoms with E-state index in [9.17, 15) is 20.1 Å². The molecule has 2 saturated heterocycles. The first-order valence-corrected chi connectivity index (χ1v) is 15.1. The predicted octanol–water partition coefficient (Wildman–Crippen LogP) is 5.26. The molecule has 2 fully saturated rings. The van der Waals surface area contributed by atoms with Crippen LogP contribution in [-0.2, 0) is 15.9 Å². The Morgan fingerprint density at radius 2 is 1.74 bits per heavy atom. The molecule has 43 heavy (non-hydrogen) atoms. The molecule has 0 spiro atoms. The third-order valence-corrected chi connectivity index (χ3v) is 7.30. The number of aliphatic hydroxyl groups is 3. The average Bonchev–Trinajstić information content (AvgIpc) is 2.92. The number of hydrogen-bond acceptors (Lipinski definition) is 8. The molecule has 2 aromatic carbocycles. The zero-order valence-corrected chi connectivity index (χ0v) is 27.8. The standard InChI is InChI=1S/C30H40ClNO8.C2H6.H2S/c1-5-37-21-8-6-18(7-9-21)10-20-11-23(28-27(35)25(34)12-22(16-33)39-28)26(13-24(20)31)38-17-19-14-32(15-19)29(36)40-30(2,3)4;1-2;/h6-9,11,13,19,22,25,27-28,33-35H,5,10,12,14-17H2,1-4H3;1-2H3;1H2/t22?,25?,27-,28?;;/m1../s1. The number of ether oxygens (including phenoxy) is 4. The lowest BCUT2D eigenvalue weighted by Gasteiger charge is -2.40. The number of nitrogens with zero attached hydrogens (tertiary/aromatic N) is 1. The lowest BCUT2D eigenvalue weighted by molar-refractivity contribution is -0.180. The highest BCUT2D eigenvalue weighted by atomic mass is 35.5. The molecule has 1 amide bonds. The molecule has 3 unspecified atom stereocenters. The van der Waals surface area contributed by atoms with Crippen molar-refractivity contribution in [3.8, 4) is 11.5 Å².